The summed E-state index contributed by atoms with van der Waals surface area (Å²) in [5, 5.41) is 2.86. The number of piperidine rings is 1. The molecule has 2 rings (SSSR count). The highest BCUT2D eigenvalue weighted by Gasteiger charge is 2.22. The number of benzene rings is 1. The SMILES string of the molecule is CCO[C@H](C)C(=O)Nc1ccc(C(=O)N2CCC[C@H](C)C2)cc1C. The first-order valence-electron chi connectivity index (χ1n) is 8.74. The van der Waals surface area contributed by atoms with Gasteiger partial charge < -0.3 is 15.0 Å². The van der Waals surface area contributed by atoms with E-state index < -0.39 is 6.10 Å². The number of ether oxygens (including phenoxy) is 1. The van der Waals surface area contributed by atoms with Gasteiger partial charge in [0, 0.05) is 30.9 Å². The van der Waals surface area contributed by atoms with Crippen LogP contribution in [0.1, 0.15) is 49.5 Å². The third-order valence-electron chi connectivity index (χ3n) is 4.46. The fourth-order valence-corrected chi connectivity index (χ4v) is 3.05. The Hall–Kier alpha value is -1.88. The van der Waals surface area contributed by atoms with Crippen molar-refractivity contribution in [1.82, 2.24) is 4.90 Å². The van der Waals surface area contributed by atoms with Gasteiger partial charge in [0.25, 0.3) is 11.8 Å². The molecule has 1 aliphatic heterocycles. The highest BCUT2D eigenvalue weighted by Crippen LogP contribution is 2.21. The number of hydrogen-bond donors (Lipinski definition) is 1. The number of carbonyl (C=O) groups excluding carboxylic acids is 2. The molecule has 5 heteroatoms. The first-order valence-corrected chi connectivity index (χ1v) is 8.74. The Morgan fingerprint density at radius 3 is 2.79 bits per heavy atom. The average molecular weight is 332 g/mol. The quantitative estimate of drug-likeness (QED) is 0.900. The summed E-state index contributed by atoms with van der Waals surface area (Å²) in [5.74, 6) is 0.455. The molecule has 0 aliphatic carbocycles. The summed E-state index contributed by atoms with van der Waals surface area (Å²) >= 11 is 0. The van der Waals surface area contributed by atoms with E-state index in [0.717, 1.165) is 30.8 Å². The topological polar surface area (TPSA) is 58.6 Å². The van der Waals surface area contributed by atoms with E-state index in [-0.39, 0.29) is 11.8 Å². The van der Waals surface area contributed by atoms with E-state index in [2.05, 4.69) is 12.2 Å². The number of hydrogen-bond acceptors (Lipinski definition) is 3. The number of likely N-dealkylation sites (tertiary alicyclic amines) is 1. The van der Waals surface area contributed by atoms with Gasteiger partial charge in [-0.3, -0.25) is 9.59 Å². The van der Waals surface area contributed by atoms with Crippen LogP contribution in [0.5, 0.6) is 0 Å². The Labute approximate surface area is 144 Å². The first-order chi connectivity index (χ1) is 11.4. The largest absolute Gasteiger partial charge is 0.369 e. The first kappa shape index (κ1) is 18.5. The van der Waals surface area contributed by atoms with Gasteiger partial charge in [0.15, 0.2) is 0 Å². The van der Waals surface area contributed by atoms with Gasteiger partial charge >= 0.3 is 0 Å². The fourth-order valence-electron chi connectivity index (χ4n) is 3.05. The fraction of sp³-hybridized carbons (Fsp3) is 0.579. The number of aryl methyl sites for hydroxylation is 1. The van der Waals surface area contributed by atoms with E-state index >= 15 is 0 Å². The number of rotatable bonds is 5. The minimum atomic E-state index is -0.495. The van der Waals surface area contributed by atoms with Crippen molar-refractivity contribution >= 4 is 17.5 Å². The third kappa shape index (κ3) is 4.57. The van der Waals surface area contributed by atoms with Crippen molar-refractivity contribution in [2.45, 2.75) is 46.6 Å². The molecule has 0 spiro atoms. The van der Waals surface area contributed by atoms with Gasteiger partial charge in [0.2, 0.25) is 0 Å². The van der Waals surface area contributed by atoms with Crippen LogP contribution in [0.15, 0.2) is 18.2 Å². The Morgan fingerprint density at radius 2 is 2.17 bits per heavy atom. The van der Waals surface area contributed by atoms with Crippen molar-refractivity contribution < 1.29 is 14.3 Å². The van der Waals surface area contributed by atoms with Crippen molar-refractivity contribution in [3.63, 3.8) is 0 Å². The minimum absolute atomic E-state index is 0.0743. The number of nitrogens with one attached hydrogen (secondary N) is 1. The molecule has 0 aromatic heterocycles. The standard InChI is InChI=1S/C19H28N2O3/c1-5-24-15(4)18(22)20-17-9-8-16(11-14(17)3)19(23)21-10-6-7-13(2)12-21/h8-9,11,13,15H,5-7,10,12H2,1-4H3,(H,20,22)/t13-,15+/m0/s1. The predicted octanol–water partition coefficient (Wildman–Crippen LogP) is 3.23. The highest BCUT2D eigenvalue weighted by atomic mass is 16.5. The number of nitrogens with zero attached hydrogens (tertiary/aromatic N) is 1. The van der Waals surface area contributed by atoms with Gasteiger partial charge in [-0.25, -0.2) is 0 Å². The Bertz CT molecular complexity index is 600. The molecule has 24 heavy (non-hydrogen) atoms. The lowest BCUT2D eigenvalue weighted by atomic mass is 9.99. The van der Waals surface area contributed by atoms with Gasteiger partial charge in [-0.2, -0.15) is 0 Å². The summed E-state index contributed by atoms with van der Waals surface area (Å²) in [7, 11) is 0. The van der Waals surface area contributed by atoms with Crippen molar-refractivity contribution in [3.8, 4) is 0 Å². The smallest absolute Gasteiger partial charge is 0.253 e. The zero-order valence-corrected chi connectivity index (χ0v) is 15.1. The molecule has 1 aromatic rings. The van der Waals surface area contributed by atoms with E-state index in [1.165, 1.54) is 6.42 Å². The second-order valence-corrected chi connectivity index (χ2v) is 6.62. The summed E-state index contributed by atoms with van der Waals surface area (Å²) in [6.45, 7) is 9.81. The van der Waals surface area contributed by atoms with Crippen LogP contribution < -0.4 is 5.32 Å². The van der Waals surface area contributed by atoms with Gasteiger partial charge in [0.1, 0.15) is 6.10 Å². The molecule has 1 fully saturated rings. The van der Waals surface area contributed by atoms with Crippen molar-refractivity contribution in [2.24, 2.45) is 5.92 Å². The molecule has 1 saturated heterocycles. The lowest BCUT2D eigenvalue weighted by Crippen LogP contribution is -2.39. The maximum Gasteiger partial charge on any atom is 0.253 e. The lowest BCUT2D eigenvalue weighted by molar-refractivity contribution is -0.126. The van der Waals surface area contributed by atoms with Crippen LogP contribution in [0.25, 0.3) is 0 Å². The van der Waals surface area contributed by atoms with Crippen LogP contribution in [0.2, 0.25) is 0 Å². The van der Waals surface area contributed by atoms with Gasteiger partial charge in [0.05, 0.1) is 0 Å². The van der Waals surface area contributed by atoms with E-state index in [0.29, 0.717) is 18.1 Å². The van der Waals surface area contributed by atoms with Gasteiger partial charge in [-0.15, -0.1) is 0 Å². The zero-order chi connectivity index (χ0) is 17.7. The molecule has 0 radical (unpaired) electrons. The number of anilines is 1. The van der Waals surface area contributed by atoms with E-state index in [9.17, 15) is 9.59 Å². The summed E-state index contributed by atoms with van der Waals surface area (Å²) < 4.78 is 5.29. The van der Waals surface area contributed by atoms with Gasteiger partial charge in [-0.05, 0) is 63.3 Å². The van der Waals surface area contributed by atoms with Crippen molar-refractivity contribution in [1.29, 1.82) is 0 Å². The lowest BCUT2D eigenvalue weighted by Gasteiger charge is -2.31. The second-order valence-electron chi connectivity index (χ2n) is 6.62. The molecule has 0 saturated carbocycles. The Kier molecular flexibility index (Phi) is 6.37. The summed E-state index contributed by atoms with van der Waals surface area (Å²) in [5.41, 5.74) is 2.27. The summed E-state index contributed by atoms with van der Waals surface area (Å²) in [6, 6.07) is 5.44. The molecule has 1 N–H and O–H groups in total. The van der Waals surface area contributed by atoms with E-state index in [1.807, 2.05) is 24.8 Å². The van der Waals surface area contributed by atoms with Crippen LogP contribution >= 0.6 is 0 Å². The molecular weight excluding hydrogens is 304 g/mol. The minimum Gasteiger partial charge on any atom is -0.369 e. The van der Waals surface area contributed by atoms with Crippen LogP contribution in [0.3, 0.4) is 0 Å². The van der Waals surface area contributed by atoms with E-state index in [4.69, 9.17) is 4.74 Å². The molecule has 2 amide bonds. The van der Waals surface area contributed by atoms with Crippen LogP contribution in [-0.4, -0.2) is 42.5 Å². The maximum absolute atomic E-state index is 12.6. The van der Waals surface area contributed by atoms with Crippen LogP contribution in [0.4, 0.5) is 5.69 Å². The molecule has 1 heterocycles. The molecule has 2 atom stereocenters. The highest BCUT2D eigenvalue weighted by molar-refractivity contribution is 5.97. The van der Waals surface area contributed by atoms with Gasteiger partial charge in [-0.1, -0.05) is 6.92 Å². The maximum atomic E-state index is 12.6. The van der Waals surface area contributed by atoms with Crippen LogP contribution in [0, 0.1) is 12.8 Å². The summed E-state index contributed by atoms with van der Waals surface area (Å²) in [6.07, 6.45) is 1.76. The molecule has 0 bridgehead atoms. The molecule has 1 aromatic carbocycles. The van der Waals surface area contributed by atoms with Crippen molar-refractivity contribution in [3.05, 3.63) is 29.3 Å². The molecule has 0 unspecified atom stereocenters. The molecular formula is C19H28N2O3. The monoisotopic (exact) mass is 332 g/mol. The number of carbonyl (C=O) groups is 2. The predicted molar refractivity (Wildman–Crippen MR) is 95.2 cm³/mol. The zero-order valence-electron chi connectivity index (χ0n) is 15.1. The Morgan fingerprint density at radius 1 is 1.42 bits per heavy atom. The molecule has 1 aliphatic rings. The normalized spacial score (nSPS) is 19.0. The van der Waals surface area contributed by atoms with Crippen LogP contribution in [-0.2, 0) is 9.53 Å². The molecule has 132 valence electrons. The van der Waals surface area contributed by atoms with E-state index in [1.54, 1.807) is 19.1 Å². The third-order valence-corrected chi connectivity index (χ3v) is 4.46. The molecule has 5 nitrogen and oxygen atoms in total. The average Bonchev–Trinajstić information content (AvgIpc) is 2.56. The number of amides is 2. The Balaban J connectivity index is 2.06. The summed E-state index contributed by atoms with van der Waals surface area (Å²) in [4.78, 5) is 26.6. The van der Waals surface area contributed by atoms with Crippen molar-refractivity contribution in [2.75, 3.05) is 25.0 Å². The second kappa shape index (κ2) is 8.29.